The molecule has 0 bridgehead atoms. The van der Waals surface area contributed by atoms with Gasteiger partial charge in [-0.2, -0.15) is 0 Å². The molecular formula is C17H24ClFN2O2. The third kappa shape index (κ3) is 5.16. The van der Waals surface area contributed by atoms with Gasteiger partial charge in [-0.05, 0) is 45.0 Å². The van der Waals surface area contributed by atoms with Crippen molar-refractivity contribution in [3.05, 3.63) is 34.6 Å². The average molecular weight is 343 g/mol. The van der Waals surface area contributed by atoms with Crippen LogP contribution in [-0.2, 0) is 16.1 Å². The van der Waals surface area contributed by atoms with Gasteiger partial charge in [-0.25, -0.2) is 4.39 Å². The summed E-state index contributed by atoms with van der Waals surface area (Å²) in [6.45, 7) is 4.45. The molecule has 1 N–H and O–H groups in total. The average Bonchev–Trinajstić information content (AvgIpc) is 2.52. The number of carbonyl (C=O) groups is 1. The lowest BCUT2D eigenvalue weighted by Gasteiger charge is -2.32. The smallest absolute Gasteiger partial charge is 0.223 e. The lowest BCUT2D eigenvalue weighted by atomic mass is 9.95. The highest BCUT2D eigenvalue weighted by molar-refractivity contribution is 6.31. The maximum atomic E-state index is 13.8. The molecule has 2 rings (SSSR count). The van der Waals surface area contributed by atoms with Crippen LogP contribution in [-0.4, -0.2) is 43.7 Å². The van der Waals surface area contributed by atoms with Crippen molar-refractivity contribution >= 4 is 17.5 Å². The van der Waals surface area contributed by atoms with Gasteiger partial charge in [0.05, 0.1) is 6.61 Å². The van der Waals surface area contributed by atoms with Crippen molar-refractivity contribution in [2.45, 2.75) is 32.4 Å². The minimum absolute atomic E-state index is 0.0154. The van der Waals surface area contributed by atoms with Crippen LogP contribution >= 0.6 is 11.6 Å². The zero-order valence-electron chi connectivity index (χ0n) is 13.6. The largest absolute Gasteiger partial charge is 0.383 e. The summed E-state index contributed by atoms with van der Waals surface area (Å²) in [5.41, 5.74) is 0.533. The lowest BCUT2D eigenvalue weighted by Crippen LogP contribution is -2.44. The summed E-state index contributed by atoms with van der Waals surface area (Å²) in [4.78, 5) is 14.3. The Balaban J connectivity index is 1.83. The van der Waals surface area contributed by atoms with Crippen LogP contribution in [0.1, 0.15) is 25.3 Å². The zero-order chi connectivity index (χ0) is 16.8. The number of nitrogens with zero attached hydrogens (tertiary/aromatic N) is 1. The molecule has 0 spiro atoms. The summed E-state index contributed by atoms with van der Waals surface area (Å²) in [5.74, 6) is -0.175. The number of hydrogen-bond acceptors (Lipinski definition) is 3. The fraction of sp³-hybridized carbons (Fsp3) is 0.588. The highest BCUT2D eigenvalue weighted by Gasteiger charge is 2.26. The van der Waals surface area contributed by atoms with Crippen LogP contribution in [0, 0.1) is 11.7 Å². The van der Waals surface area contributed by atoms with Crippen LogP contribution in [0.2, 0.25) is 5.02 Å². The van der Waals surface area contributed by atoms with Crippen LogP contribution in [0.5, 0.6) is 0 Å². The van der Waals surface area contributed by atoms with Crippen molar-refractivity contribution in [2.75, 3.05) is 26.8 Å². The number of halogens is 2. The van der Waals surface area contributed by atoms with E-state index in [0.29, 0.717) is 23.7 Å². The molecule has 1 amide bonds. The Hall–Kier alpha value is -1.17. The van der Waals surface area contributed by atoms with E-state index in [1.807, 2.05) is 6.92 Å². The molecule has 128 valence electrons. The Morgan fingerprint density at radius 3 is 2.78 bits per heavy atom. The topological polar surface area (TPSA) is 41.6 Å². The fourth-order valence-corrected chi connectivity index (χ4v) is 3.14. The maximum absolute atomic E-state index is 13.8. The molecule has 0 saturated carbocycles. The number of hydrogen-bond donors (Lipinski definition) is 1. The molecule has 1 atom stereocenters. The van der Waals surface area contributed by atoms with E-state index in [0.717, 1.165) is 25.9 Å². The molecule has 1 saturated heterocycles. The van der Waals surface area contributed by atoms with Gasteiger partial charge in [0.1, 0.15) is 5.82 Å². The normalized spacial score (nSPS) is 17.9. The minimum atomic E-state index is -0.272. The summed E-state index contributed by atoms with van der Waals surface area (Å²) in [7, 11) is 1.62. The first-order valence-corrected chi connectivity index (χ1v) is 8.33. The second kappa shape index (κ2) is 8.62. The van der Waals surface area contributed by atoms with Crippen molar-refractivity contribution < 1.29 is 13.9 Å². The SMILES string of the molecule is COCC(C)NC(=O)C1CCN(Cc2c(F)cccc2Cl)CC1. The monoisotopic (exact) mass is 342 g/mol. The van der Waals surface area contributed by atoms with Gasteiger partial charge in [0.25, 0.3) is 0 Å². The molecule has 0 aromatic heterocycles. The third-order valence-corrected chi connectivity index (χ3v) is 4.56. The molecule has 1 aliphatic heterocycles. The van der Waals surface area contributed by atoms with Crippen molar-refractivity contribution in [3.63, 3.8) is 0 Å². The van der Waals surface area contributed by atoms with Crippen LogP contribution in [0.15, 0.2) is 18.2 Å². The van der Waals surface area contributed by atoms with Crippen LogP contribution in [0.3, 0.4) is 0 Å². The molecular weight excluding hydrogens is 319 g/mol. The molecule has 1 fully saturated rings. The van der Waals surface area contributed by atoms with Gasteiger partial charge in [-0.1, -0.05) is 17.7 Å². The van der Waals surface area contributed by atoms with Gasteiger partial charge in [0.2, 0.25) is 5.91 Å². The van der Waals surface area contributed by atoms with Gasteiger partial charge in [-0.3, -0.25) is 9.69 Å². The Labute approximate surface area is 141 Å². The Morgan fingerprint density at radius 1 is 1.48 bits per heavy atom. The van der Waals surface area contributed by atoms with Gasteiger partial charge in [0.15, 0.2) is 0 Å². The predicted octanol–water partition coefficient (Wildman–Crippen LogP) is 2.84. The first-order valence-electron chi connectivity index (χ1n) is 7.95. The molecule has 0 radical (unpaired) electrons. The standard InChI is InChI=1S/C17H24ClFN2O2/c1-12(11-23-2)20-17(22)13-6-8-21(9-7-13)10-14-15(18)4-3-5-16(14)19/h3-5,12-13H,6-11H2,1-2H3,(H,20,22). The minimum Gasteiger partial charge on any atom is -0.383 e. The number of ether oxygens (including phenoxy) is 1. The summed E-state index contributed by atoms with van der Waals surface area (Å²) in [6, 6.07) is 4.76. The van der Waals surface area contributed by atoms with Crippen molar-refractivity contribution in [2.24, 2.45) is 5.92 Å². The predicted molar refractivity (Wildman–Crippen MR) is 88.9 cm³/mol. The molecule has 23 heavy (non-hydrogen) atoms. The number of carbonyl (C=O) groups excluding carboxylic acids is 1. The second-order valence-electron chi connectivity index (χ2n) is 6.12. The molecule has 1 unspecified atom stereocenters. The lowest BCUT2D eigenvalue weighted by molar-refractivity contribution is -0.127. The highest BCUT2D eigenvalue weighted by Crippen LogP contribution is 2.24. The molecule has 6 heteroatoms. The number of methoxy groups -OCH3 is 1. The second-order valence-corrected chi connectivity index (χ2v) is 6.52. The van der Waals surface area contributed by atoms with Crippen molar-refractivity contribution in [1.82, 2.24) is 10.2 Å². The Morgan fingerprint density at radius 2 is 2.17 bits per heavy atom. The first kappa shape index (κ1) is 18.2. The van der Waals surface area contributed by atoms with E-state index < -0.39 is 0 Å². The molecule has 1 aromatic carbocycles. The molecule has 0 aliphatic carbocycles. The number of piperidine rings is 1. The number of nitrogens with one attached hydrogen (secondary N) is 1. The molecule has 1 aliphatic rings. The first-order chi connectivity index (χ1) is 11.0. The molecule has 1 aromatic rings. The Kier molecular flexibility index (Phi) is 6.81. The summed E-state index contributed by atoms with van der Waals surface area (Å²) < 4.78 is 18.9. The van der Waals surface area contributed by atoms with E-state index in [-0.39, 0.29) is 23.7 Å². The fourth-order valence-electron chi connectivity index (χ4n) is 2.91. The highest BCUT2D eigenvalue weighted by atomic mass is 35.5. The maximum Gasteiger partial charge on any atom is 0.223 e. The van der Waals surface area contributed by atoms with E-state index in [9.17, 15) is 9.18 Å². The molecule has 1 heterocycles. The van der Waals surface area contributed by atoms with Gasteiger partial charge < -0.3 is 10.1 Å². The number of rotatable bonds is 6. The zero-order valence-corrected chi connectivity index (χ0v) is 14.4. The van der Waals surface area contributed by atoms with E-state index >= 15 is 0 Å². The van der Waals surface area contributed by atoms with Gasteiger partial charge in [0, 0.05) is 36.2 Å². The number of benzene rings is 1. The van der Waals surface area contributed by atoms with Crippen LogP contribution < -0.4 is 5.32 Å². The van der Waals surface area contributed by atoms with Crippen LogP contribution in [0.25, 0.3) is 0 Å². The van der Waals surface area contributed by atoms with E-state index in [1.165, 1.54) is 6.07 Å². The van der Waals surface area contributed by atoms with Crippen molar-refractivity contribution in [1.29, 1.82) is 0 Å². The number of amides is 1. The van der Waals surface area contributed by atoms with Crippen LogP contribution in [0.4, 0.5) is 4.39 Å². The van der Waals surface area contributed by atoms with Gasteiger partial charge >= 0.3 is 0 Å². The summed E-state index contributed by atoms with van der Waals surface area (Å²) >= 11 is 6.07. The van der Waals surface area contributed by atoms with E-state index in [4.69, 9.17) is 16.3 Å². The van der Waals surface area contributed by atoms with E-state index in [1.54, 1.807) is 19.2 Å². The Bertz CT molecular complexity index is 513. The quantitative estimate of drug-likeness (QED) is 0.864. The van der Waals surface area contributed by atoms with Gasteiger partial charge in [-0.15, -0.1) is 0 Å². The summed E-state index contributed by atoms with van der Waals surface area (Å²) in [5, 5.41) is 3.43. The third-order valence-electron chi connectivity index (χ3n) is 4.21. The van der Waals surface area contributed by atoms with Crippen molar-refractivity contribution in [3.8, 4) is 0 Å². The number of likely N-dealkylation sites (tertiary alicyclic amines) is 1. The summed E-state index contributed by atoms with van der Waals surface area (Å²) in [6.07, 6.45) is 1.55. The van der Waals surface area contributed by atoms with E-state index in [2.05, 4.69) is 10.2 Å². The molecule has 4 nitrogen and oxygen atoms in total.